The Labute approximate surface area is 357 Å². The van der Waals surface area contributed by atoms with Gasteiger partial charge < -0.3 is 10.6 Å². The smallest absolute Gasteiger partial charge is 0.137 e. The van der Waals surface area contributed by atoms with Crippen molar-refractivity contribution >= 4 is 34.9 Å². The van der Waals surface area contributed by atoms with Crippen LogP contribution in [0.25, 0.3) is 17.0 Å². The van der Waals surface area contributed by atoms with Gasteiger partial charge in [-0.2, -0.15) is 3.89 Å². The van der Waals surface area contributed by atoms with E-state index in [0.717, 1.165) is 104 Å². The molecule has 1 aliphatic carbocycles. The first-order valence-electron chi connectivity index (χ1n) is 22.2. The van der Waals surface area contributed by atoms with E-state index in [1.165, 1.54) is 12.0 Å². The molecule has 0 bridgehead atoms. The Kier molecular flexibility index (Phi) is 17.0. The predicted molar refractivity (Wildman–Crippen MR) is 244 cm³/mol. The molecule has 1 aromatic heterocycles. The van der Waals surface area contributed by atoms with Crippen molar-refractivity contribution < 1.29 is 12.7 Å². The Morgan fingerprint density at radius 1 is 1.10 bits per heavy atom. The fourth-order valence-electron chi connectivity index (χ4n) is 10.3. The van der Waals surface area contributed by atoms with Gasteiger partial charge in [-0.15, -0.1) is 19.3 Å². The molecule has 5 heterocycles. The first kappa shape index (κ1) is 46.3. The third kappa shape index (κ3) is 10.1. The van der Waals surface area contributed by atoms with Crippen molar-refractivity contribution in [2.24, 2.45) is 0 Å². The molecular formula is C50H66F3N5S. The maximum Gasteiger partial charge on any atom is 0.137 e. The van der Waals surface area contributed by atoms with E-state index in [4.69, 9.17) is 16.4 Å². The molecular weight excluding hydrogens is 760 g/mol. The quantitative estimate of drug-likeness (QED) is 0.164. The number of hydrogen-bond donors (Lipinski definition) is 2. The summed E-state index contributed by atoms with van der Waals surface area (Å²) < 4.78 is 46.0. The zero-order valence-electron chi connectivity index (χ0n) is 36.3. The van der Waals surface area contributed by atoms with E-state index in [1.54, 1.807) is 0 Å². The van der Waals surface area contributed by atoms with Crippen molar-refractivity contribution in [1.29, 1.82) is 0 Å². The van der Waals surface area contributed by atoms with Crippen LogP contribution >= 0.6 is 12.1 Å². The molecule has 3 fully saturated rings. The lowest BCUT2D eigenvalue weighted by Crippen LogP contribution is -2.44. The number of fused-ring (bicyclic) bond motifs is 3. The van der Waals surface area contributed by atoms with Crippen LogP contribution in [-0.4, -0.2) is 51.6 Å². The average Bonchev–Trinajstić information content (AvgIpc) is 4.01. The summed E-state index contributed by atoms with van der Waals surface area (Å²) in [6.45, 7) is 14.1. The highest BCUT2D eigenvalue weighted by Gasteiger charge is 2.48. The second-order valence-corrected chi connectivity index (χ2v) is 17.2. The van der Waals surface area contributed by atoms with E-state index in [2.05, 4.69) is 47.3 Å². The molecule has 0 spiro atoms. The van der Waals surface area contributed by atoms with Crippen LogP contribution in [0.3, 0.4) is 0 Å². The lowest BCUT2D eigenvalue weighted by atomic mass is 9.82. The summed E-state index contributed by atoms with van der Waals surface area (Å²) in [6.07, 6.45) is 31.7. The molecule has 5 nitrogen and oxygen atoms in total. The van der Waals surface area contributed by atoms with E-state index in [-0.39, 0.29) is 35.2 Å². The van der Waals surface area contributed by atoms with Gasteiger partial charge in [0.1, 0.15) is 28.6 Å². The summed E-state index contributed by atoms with van der Waals surface area (Å²) in [5.74, 6) is 2.67. The van der Waals surface area contributed by atoms with Gasteiger partial charge in [0.15, 0.2) is 0 Å². The van der Waals surface area contributed by atoms with Crippen molar-refractivity contribution in [3.63, 3.8) is 0 Å². The second kappa shape index (κ2) is 21.7. The van der Waals surface area contributed by atoms with Gasteiger partial charge in [-0.25, -0.2) is 18.7 Å². The molecule has 9 heteroatoms. The molecule has 4 aliphatic heterocycles. The number of anilines is 1. The SMILES string of the molecule is C#C.C#CC1=C(F)CCc2cccc(C(C)/C(F)=c3/nc(CCC45CCCN4[C@H](CCC(=C/C)/C=C(\CC)SF)CC5)nc4c3=C(C)CCC([C@@H]3CCCN3)N4)c21.CC. The largest absolute Gasteiger partial charge is 0.365 e. The molecule has 7 rings (SSSR count). The molecule has 0 amide bonds. The molecule has 3 saturated heterocycles. The number of nitrogens with one attached hydrogen (secondary N) is 2. The van der Waals surface area contributed by atoms with Crippen molar-refractivity contribution in [3.05, 3.63) is 79.7 Å². The molecule has 59 heavy (non-hydrogen) atoms. The van der Waals surface area contributed by atoms with Crippen LogP contribution < -0.4 is 21.2 Å². The number of rotatable bonds is 12. The Morgan fingerprint density at radius 3 is 2.59 bits per heavy atom. The number of allylic oxidation sites excluding steroid dienone is 6. The van der Waals surface area contributed by atoms with Gasteiger partial charge in [0.05, 0.1) is 17.7 Å². The van der Waals surface area contributed by atoms with E-state index >= 15 is 8.78 Å². The first-order chi connectivity index (χ1) is 28.7. The molecule has 2 N–H and O–H groups in total. The van der Waals surface area contributed by atoms with Crippen molar-refractivity contribution in [3.8, 4) is 25.2 Å². The molecule has 1 aromatic carbocycles. The molecule has 2 aromatic rings. The normalized spacial score (nSPS) is 25.3. The van der Waals surface area contributed by atoms with Gasteiger partial charge in [-0.05, 0) is 133 Å². The second-order valence-electron chi connectivity index (χ2n) is 16.5. The summed E-state index contributed by atoms with van der Waals surface area (Å²) in [4.78, 5) is 13.9. The van der Waals surface area contributed by atoms with Crippen LogP contribution in [0, 0.1) is 25.2 Å². The third-order valence-corrected chi connectivity index (χ3v) is 14.0. The lowest BCUT2D eigenvalue weighted by Gasteiger charge is -2.35. The van der Waals surface area contributed by atoms with Gasteiger partial charge in [-0.3, -0.25) is 4.90 Å². The molecule has 3 unspecified atom stereocenters. The fraction of sp³-hybridized carbons (Fsp3) is 0.560. The highest BCUT2D eigenvalue weighted by Crippen LogP contribution is 2.47. The first-order valence-corrected chi connectivity index (χ1v) is 22.9. The van der Waals surface area contributed by atoms with E-state index in [1.807, 2.05) is 58.9 Å². The van der Waals surface area contributed by atoms with Crippen LogP contribution in [0.2, 0.25) is 0 Å². The van der Waals surface area contributed by atoms with Crippen LogP contribution in [0.5, 0.6) is 0 Å². The summed E-state index contributed by atoms with van der Waals surface area (Å²) >= 11 is 0.358. The van der Waals surface area contributed by atoms with Gasteiger partial charge in [-0.1, -0.05) is 69.0 Å². The minimum absolute atomic E-state index is 0.0861. The zero-order chi connectivity index (χ0) is 42.7. The third-order valence-electron chi connectivity index (χ3n) is 13.4. The number of terminal acetylenes is 2. The highest BCUT2D eigenvalue weighted by molar-refractivity contribution is 7.98. The molecule has 5 aliphatic rings. The van der Waals surface area contributed by atoms with E-state index < -0.39 is 5.92 Å². The number of hydrogen-bond acceptors (Lipinski definition) is 6. The predicted octanol–water partition coefficient (Wildman–Crippen LogP) is 11.0. The standard InChI is InChI=1S/C46H58F3N5S.C2H6.C2H2/c1-6-31(28-34(7-2)55-49)16-18-33-21-24-46(23-11-27-54(33)46)25-22-40-52-44(41-29(4)15-20-39(51-45(41)53-40)38-14-10-26-50-38)43(48)30(5)36-13-9-12-32-17-19-37(47)35(8-3)42(32)36;2*1-2/h3,6,9,12-13,28,30,33,38-39,50H,7,10-11,14-27H2,1-2,4-5H3,(H,51,52,53);1-2H3;1-2H/b31-6-,34-28+,44-43-;;/t30?,33-,38+,39?,46?;;/m1../s1. The van der Waals surface area contributed by atoms with Crippen LogP contribution in [0.15, 0.2) is 46.7 Å². The maximum atomic E-state index is 17.5. The number of aryl methyl sites for hydroxylation is 2. The minimum atomic E-state index is -0.687. The number of halogens is 3. The minimum Gasteiger partial charge on any atom is -0.365 e. The summed E-state index contributed by atoms with van der Waals surface area (Å²) in [5.41, 5.74) is 4.93. The highest BCUT2D eigenvalue weighted by atomic mass is 32.2. The maximum absolute atomic E-state index is 17.5. The molecule has 318 valence electrons. The Bertz CT molecular complexity index is 2070. The molecule has 0 radical (unpaired) electrons. The van der Waals surface area contributed by atoms with Crippen LogP contribution in [-0.2, 0) is 12.8 Å². The number of nitrogens with zero attached hydrogens (tertiary/aromatic N) is 3. The Balaban J connectivity index is 0.00000160. The number of aromatic nitrogens is 2. The zero-order valence-corrected chi connectivity index (χ0v) is 37.1. The van der Waals surface area contributed by atoms with E-state index in [0.29, 0.717) is 65.8 Å². The van der Waals surface area contributed by atoms with Crippen molar-refractivity contribution in [2.45, 2.75) is 167 Å². The van der Waals surface area contributed by atoms with Crippen LogP contribution in [0.1, 0.15) is 153 Å². The van der Waals surface area contributed by atoms with Crippen molar-refractivity contribution in [2.75, 3.05) is 18.4 Å². The van der Waals surface area contributed by atoms with Gasteiger partial charge >= 0.3 is 0 Å². The monoisotopic (exact) mass is 825 g/mol. The van der Waals surface area contributed by atoms with E-state index in [9.17, 15) is 3.89 Å². The lowest BCUT2D eigenvalue weighted by molar-refractivity contribution is 0.135. The topological polar surface area (TPSA) is 53.1 Å². The summed E-state index contributed by atoms with van der Waals surface area (Å²) in [5, 5.41) is 8.62. The summed E-state index contributed by atoms with van der Waals surface area (Å²) in [6, 6.07) is 6.83. The van der Waals surface area contributed by atoms with Gasteiger partial charge in [0.2, 0.25) is 0 Å². The average molecular weight is 826 g/mol. The van der Waals surface area contributed by atoms with Gasteiger partial charge in [0, 0.05) is 52.5 Å². The summed E-state index contributed by atoms with van der Waals surface area (Å²) in [7, 11) is 0. The Morgan fingerprint density at radius 2 is 1.90 bits per heavy atom. The van der Waals surface area contributed by atoms with Gasteiger partial charge in [0.25, 0.3) is 0 Å². The number of benzene rings is 1. The fourth-order valence-corrected chi connectivity index (χ4v) is 10.6. The van der Waals surface area contributed by atoms with Crippen molar-refractivity contribution in [1.82, 2.24) is 20.2 Å². The molecule has 5 atom stereocenters. The Hall–Kier alpha value is -3.76. The van der Waals surface area contributed by atoms with Crippen LogP contribution in [0.4, 0.5) is 18.5 Å². The molecule has 0 saturated carbocycles.